The van der Waals surface area contributed by atoms with Crippen LogP contribution in [0.4, 0.5) is 5.82 Å². The van der Waals surface area contributed by atoms with Crippen LogP contribution in [0.25, 0.3) is 0 Å². The van der Waals surface area contributed by atoms with Crippen LogP contribution in [-0.4, -0.2) is 51.3 Å². The summed E-state index contributed by atoms with van der Waals surface area (Å²) in [7, 11) is 0. The molecule has 1 saturated heterocycles. The van der Waals surface area contributed by atoms with E-state index >= 15 is 0 Å². The molecule has 2 fully saturated rings. The van der Waals surface area contributed by atoms with Crippen LogP contribution < -0.4 is 5.32 Å². The molecule has 2 heterocycles. The topological polar surface area (TPSA) is 61.3 Å². The van der Waals surface area contributed by atoms with Crippen molar-refractivity contribution >= 4 is 5.82 Å². The van der Waals surface area contributed by atoms with Crippen molar-refractivity contribution < 1.29 is 5.11 Å². The van der Waals surface area contributed by atoms with E-state index in [-0.39, 0.29) is 6.10 Å². The molecule has 3 rings (SSSR count). The zero-order valence-corrected chi connectivity index (χ0v) is 15.3. The molecule has 0 radical (unpaired) electrons. The van der Waals surface area contributed by atoms with E-state index in [1.165, 1.54) is 12.8 Å². The number of nitrogens with zero attached hydrogens (tertiary/aromatic N) is 3. The zero-order chi connectivity index (χ0) is 17.1. The second-order valence-corrected chi connectivity index (χ2v) is 7.78. The summed E-state index contributed by atoms with van der Waals surface area (Å²) in [5.41, 5.74) is 1.03. The standard InChI is InChI=1S/C19H32N4O/c1-13(2)19-20-14(3)12-18(22-19)21-15-8-10-23(11-9-15)16-6-4-5-7-17(16)24/h12-13,15-17,24H,4-11H2,1-3H3,(H,20,21,22). The van der Waals surface area contributed by atoms with Crippen LogP contribution in [-0.2, 0) is 0 Å². The highest BCUT2D eigenvalue weighted by Crippen LogP contribution is 2.26. The molecule has 1 aromatic rings. The quantitative estimate of drug-likeness (QED) is 0.887. The first-order chi connectivity index (χ1) is 11.5. The van der Waals surface area contributed by atoms with Crippen molar-refractivity contribution in [2.24, 2.45) is 0 Å². The van der Waals surface area contributed by atoms with Gasteiger partial charge in [0.1, 0.15) is 11.6 Å². The zero-order valence-electron chi connectivity index (χ0n) is 15.3. The van der Waals surface area contributed by atoms with Crippen LogP contribution in [0.1, 0.15) is 69.8 Å². The molecule has 1 aliphatic heterocycles. The number of aromatic nitrogens is 2. The van der Waals surface area contributed by atoms with E-state index in [1.54, 1.807) is 0 Å². The minimum absolute atomic E-state index is 0.124. The monoisotopic (exact) mass is 332 g/mol. The minimum Gasteiger partial charge on any atom is -0.391 e. The van der Waals surface area contributed by atoms with Crippen molar-refractivity contribution in [2.45, 2.75) is 83.4 Å². The third-order valence-corrected chi connectivity index (χ3v) is 5.43. The highest BCUT2D eigenvalue weighted by atomic mass is 16.3. The Morgan fingerprint density at radius 3 is 2.50 bits per heavy atom. The number of piperidine rings is 1. The van der Waals surface area contributed by atoms with Gasteiger partial charge in [-0.3, -0.25) is 4.90 Å². The van der Waals surface area contributed by atoms with Gasteiger partial charge in [0, 0.05) is 42.9 Å². The van der Waals surface area contributed by atoms with Gasteiger partial charge in [0.2, 0.25) is 0 Å². The maximum absolute atomic E-state index is 10.3. The fourth-order valence-electron chi connectivity index (χ4n) is 4.03. The second kappa shape index (κ2) is 7.79. The van der Waals surface area contributed by atoms with Crippen LogP contribution in [0.15, 0.2) is 6.07 Å². The number of aliphatic hydroxyl groups excluding tert-OH is 1. The maximum atomic E-state index is 10.3. The lowest BCUT2D eigenvalue weighted by Crippen LogP contribution is -2.50. The predicted molar refractivity (Wildman–Crippen MR) is 97.3 cm³/mol. The molecule has 2 aliphatic rings. The fourth-order valence-corrected chi connectivity index (χ4v) is 4.03. The Balaban J connectivity index is 1.55. The lowest BCUT2D eigenvalue weighted by molar-refractivity contribution is 0.00992. The third-order valence-electron chi connectivity index (χ3n) is 5.43. The van der Waals surface area contributed by atoms with Gasteiger partial charge < -0.3 is 10.4 Å². The van der Waals surface area contributed by atoms with E-state index in [2.05, 4.69) is 34.0 Å². The van der Waals surface area contributed by atoms with E-state index in [0.29, 0.717) is 18.0 Å². The summed E-state index contributed by atoms with van der Waals surface area (Å²) in [4.78, 5) is 11.7. The van der Waals surface area contributed by atoms with E-state index in [1.807, 2.05) is 13.0 Å². The summed E-state index contributed by atoms with van der Waals surface area (Å²) in [6.45, 7) is 8.44. The van der Waals surface area contributed by atoms with Gasteiger partial charge in [-0.15, -0.1) is 0 Å². The predicted octanol–water partition coefficient (Wildman–Crippen LogP) is 3.09. The Kier molecular flexibility index (Phi) is 5.72. The van der Waals surface area contributed by atoms with Gasteiger partial charge in [-0.25, -0.2) is 9.97 Å². The molecule has 0 spiro atoms. The third kappa shape index (κ3) is 4.25. The maximum Gasteiger partial charge on any atom is 0.133 e. The summed E-state index contributed by atoms with van der Waals surface area (Å²) in [6, 6.07) is 2.90. The van der Waals surface area contributed by atoms with Crippen LogP contribution >= 0.6 is 0 Å². The van der Waals surface area contributed by atoms with Gasteiger partial charge in [0.25, 0.3) is 0 Å². The van der Waals surface area contributed by atoms with Crippen molar-refractivity contribution in [2.75, 3.05) is 18.4 Å². The molecule has 5 heteroatoms. The van der Waals surface area contributed by atoms with Crippen LogP contribution in [0.5, 0.6) is 0 Å². The molecule has 0 aromatic carbocycles. The van der Waals surface area contributed by atoms with Crippen molar-refractivity contribution in [3.05, 3.63) is 17.6 Å². The van der Waals surface area contributed by atoms with Gasteiger partial charge in [-0.2, -0.15) is 0 Å². The minimum atomic E-state index is -0.124. The number of hydrogen-bond donors (Lipinski definition) is 2. The normalized spacial score (nSPS) is 26.7. The van der Waals surface area contributed by atoms with Gasteiger partial charge in [-0.05, 0) is 32.6 Å². The molecule has 2 N–H and O–H groups in total. The molecule has 1 aliphatic carbocycles. The molecule has 2 atom stereocenters. The van der Waals surface area contributed by atoms with E-state index in [4.69, 9.17) is 0 Å². The molecule has 1 aromatic heterocycles. The van der Waals surface area contributed by atoms with Gasteiger partial charge in [-0.1, -0.05) is 26.7 Å². The van der Waals surface area contributed by atoms with Crippen molar-refractivity contribution in [1.82, 2.24) is 14.9 Å². The van der Waals surface area contributed by atoms with Gasteiger partial charge in [0.15, 0.2) is 0 Å². The Bertz CT molecular complexity index is 540. The number of aryl methyl sites for hydroxylation is 1. The molecule has 1 saturated carbocycles. The first kappa shape index (κ1) is 17.6. The molecule has 5 nitrogen and oxygen atoms in total. The summed E-state index contributed by atoms with van der Waals surface area (Å²) < 4.78 is 0. The molecule has 2 unspecified atom stereocenters. The van der Waals surface area contributed by atoms with E-state index in [9.17, 15) is 5.11 Å². The number of hydrogen-bond acceptors (Lipinski definition) is 5. The molecule has 0 bridgehead atoms. The second-order valence-electron chi connectivity index (χ2n) is 7.78. The number of rotatable bonds is 4. The summed E-state index contributed by atoms with van der Waals surface area (Å²) in [6.07, 6.45) is 6.68. The SMILES string of the molecule is Cc1cc(NC2CCN(C3CCCCC3O)CC2)nc(C(C)C)n1. The molecule has 0 amide bonds. The fraction of sp³-hybridized carbons (Fsp3) is 0.789. The number of nitrogens with one attached hydrogen (secondary N) is 1. The first-order valence-corrected chi connectivity index (χ1v) is 9.57. The number of aliphatic hydroxyl groups is 1. The van der Waals surface area contributed by atoms with Gasteiger partial charge >= 0.3 is 0 Å². The number of anilines is 1. The first-order valence-electron chi connectivity index (χ1n) is 9.57. The molecular formula is C19H32N4O. The van der Waals surface area contributed by atoms with Crippen LogP contribution in [0, 0.1) is 6.92 Å². The van der Waals surface area contributed by atoms with Gasteiger partial charge in [0.05, 0.1) is 6.10 Å². The summed E-state index contributed by atoms with van der Waals surface area (Å²) >= 11 is 0. The number of likely N-dealkylation sites (tertiary alicyclic amines) is 1. The molecule has 24 heavy (non-hydrogen) atoms. The molecular weight excluding hydrogens is 300 g/mol. The molecule has 134 valence electrons. The van der Waals surface area contributed by atoms with E-state index in [0.717, 1.165) is 56.1 Å². The average molecular weight is 332 g/mol. The lowest BCUT2D eigenvalue weighted by atomic mass is 9.89. The Hall–Kier alpha value is -1.20. The van der Waals surface area contributed by atoms with Crippen LogP contribution in [0.2, 0.25) is 0 Å². The Morgan fingerprint density at radius 1 is 1.12 bits per heavy atom. The van der Waals surface area contributed by atoms with Crippen LogP contribution in [0.3, 0.4) is 0 Å². The van der Waals surface area contributed by atoms with Crippen molar-refractivity contribution in [3.63, 3.8) is 0 Å². The summed E-state index contributed by atoms with van der Waals surface area (Å²) in [5.74, 6) is 2.22. The largest absolute Gasteiger partial charge is 0.391 e. The Labute approximate surface area is 145 Å². The highest BCUT2D eigenvalue weighted by Gasteiger charge is 2.31. The highest BCUT2D eigenvalue weighted by molar-refractivity contribution is 5.37. The van der Waals surface area contributed by atoms with E-state index < -0.39 is 0 Å². The average Bonchev–Trinajstić information content (AvgIpc) is 2.55. The van der Waals surface area contributed by atoms with Crippen molar-refractivity contribution in [1.29, 1.82) is 0 Å². The smallest absolute Gasteiger partial charge is 0.133 e. The summed E-state index contributed by atoms with van der Waals surface area (Å²) in [5, 5.41) is 13.9. The Morgan fingerprint density at radius 2 is 1.83 bits per heavy atom. The van der Waals surface area contributed by atoms with Crippen molar-refractivity contribution in [3.8, 4) is 0 Å². The lowest BCUT2D eigenvalue weighted by Gasteiger charge is -2.41.